The second-order valence-electron chi connectivity index (χ2n) is 2.95. The first-order valence-corrected chi connectivity index (χ1v) is 5.54. The zero-order valence-electron chi connectivity index (χ0n) is 8.51. The van der Waals surface area contributed by atoms with Crippen LogP contribution in [0.4, 0.5) is 8.78 Å². The van der Waals surface area contributed by atoms with Gasteiger partial charge in [-0.05, 0) is 11.6 Å². The van der Waals surface area contributed by atoms with Crippen molar-refractivity contribution in [2.75, 3.05) is 7.11 Å². The molecule has 1 aromatic heterocycles. The Balaban J connectivity index is 3.30. The molecule has 0 fully saturated rings. The number of alkyl halides is 3. The number of pyridine rings is 1. The summed E-state index contributed by atoms with van der Waals surface area (Å²) in [5.74, 6) is 0.0474. The lowest BCUT2D eigenvalue weighted by Gasteiger charge is -2.11. The van der Waals surface area contributed by atoms with Gasteiger partial charge in [0, 0.05) is 5.33 Å². The van der Waals surface area contributed by atoms with Gasteiger partial charge in [-0.1, -0.05) is 15.9 Å². The van der Waals surface area contributed by atoms with E-state index in [-0.39, 0.29) is 12.2 Å². The van der Waals surface area contributed by atoms with Crippen molar-refractivity contribution >= 4 is 15.9 Å². The molecule has 86 valence electrons. The van der Waals surface area contributed by atoms with Gasteiger partial charge in [0.15, 0.2) is 0 Å². The zero-order chi connectivity index (χ0) is 12.1. The maximum absolute atomic E-state index is 12.6. The van der Waals surface area contributed by atoms with Crippen molar-refractivity contribution in [3.63, 3.8) is 0 Å². The molecule has 0 unspecified atom stereocenters. The fraction of sp³-hybridized carbons (Fsp3) is 0.400. The number of hydrogen-bond acceptors (Lipinski definition) is 3. The van der Waals surface area contributed by atoms with E-state index in [9.17, 15) is 8.78 Å². The molecular formula is C10H9BrF2N2O. The van der Waals surface area contributed by atoms with E-state index in [2.05, 4.69) is 20.9 Å². The lowest BCUT2D eigenvalue weighted by molar-refractivity contribution is 0.141. The predicted octanol–water partition coefficient (Wildman–Crippen LogP) is 2.99. The highest BCUT2D eigenvalue weighted by atomic mass is 79.9. The number of aromatic nitrogens is 1. The van der Waals surface area contributed by atoms with Crippen molar-refractivity contribution in [1.82, 2.24) is 4.98 Å². The summed E-state index contributed by atoms with van der Waals surface area (Å²) in [6, 6.07) is 3.38. The number of ether oxygens (including phenoxy) is 1. The first-order chi connectivity index (χ1) is 7.63. The molecule has 0 aromatic carbocycles. The molecule has 16 heavy (non-hydrogen) atoms. The monoisotopic (exact) mass is 290 g/mol. The van der Waals surface area contributed by atoms with Gasteiger partial charge in [-0.2, -0.15) is 5.26 Å². The van der Waals surface area contributed by atoms with Gasteiger partial charge < -0.3 is 4.74 Å². The van der Waals surface area contributed by atoms with Crippen LogP contribution in [0.2, 0.25) is 0 Å². The first-order valence-electron chi connectivity index (χ1n) is 4.41. The van der Waals surface area contributed by atoms with Gasteiger partial charge in [-0.3, -0.25) is 0 Å². The highest BCUT2D eigenvalue weighted by Gasteiger charge is 2.19. The van der Waals surface area contributed by atoms with Crippen LogP contribution in [-0.4, -0.2) is 12.1 Å². The van der Waals surface area contributed by atoms with Crippen molar-refractivity contribution in [2.24, 2.45) is 0 Å². The fourth-order valence-electron chi connectivity index (χ4n) is 1.25. The molecule has 0 amide bonds. The van der Waals surface area contributed by atoms with E-state index in [0.717, 1.165) is 0 Å². The van der Waals surface area contributed by atoms with Crippen LogP contribution in [0.1, 0.15) is 23.4 Å². The zero-order valence-corrected chi connectivity index (χ0v) is 10.1. The highest BCUT2D eigenvalue weighted by molar-refractivity contribution is 9.08. The van der Waals surface area contributed by atoms with Crippen molar-refractivity contribution < 1.29 is 13.5 Å². The minimum atomic E-state index is -2.71. The molecule has 0 radical (unpaired) electrons. The van der Waals surface area contributed by atoms with E-state index in [0.29, 0.717) is 16.6 Å². The maximum atomic E-state index is 12.6. The first kappa shape index (κ1) is 12.8. The molecule has 0 aliphatic carbocycles. The highest BCUT2D eigenvalue weighted by Crippen LogP contribution is 2.29. The number of nitriles is 1. The Labute approximate surface area is 100 Å². The maximum Gasteiger partial charge on any atom is 0.284 e. The number of halogens is 3. The van der Waals surface area contributed by atoms with Crippen LogP contribution in [0.5, 0.6) is 5.75 Å². The average Bonchev–Trinajstić information content (AvgIpc) is 2.28. The Bertz CT molecular complexity index is 418. The van der Waals surface area contributed by atoms with E-state index in [1.807, 2.05) is 6.07 Å². The van der Waals surface area contributed by atoms with Gasteiger partial charge in [-0.25, -0.2) is 13.8 Å². The Morgan fingerprint density at radius 1 is 1.62 bits per heavy atom. The van der Waals surface area contributed by atoms with Crippen molar-refractivity contribution in [3.8, 4) is 11.8 Å². The molecule has 1 aromatic rings. The molecule has 0 atom stereocenters. The van der Waals surface area contributed by atoms with Crippen LogP contribution < -0.4 is 4.74 Å². The lowest BCUT2D eigenvalue weighted by atomic mass is 10.1. The third-order valence-electron chi connectivity index (χ3n) is 2.00. The molecule has 0 aliphatic heterocycles. The quantitative estimate of drug-likeness (QED) is 0.801. The third-order valence-corrected chi connectivity index (χ3v) is 2.61. The van der Waals surface area contributed by atoms with Gasteiger partial charge in [0.05, 0.1) is 25.3 Å². The normalized spacial score (nSPS) is 10.2. The second kappa shape index (κ2) is 5.75. The fourth-order valence-corrected chi connectivity index (χ4v) is 1.74. The summed E-state index contributed by atoms with van der Waals surface area (Å²) in [6.07, 6.45) is -2.71. The minimum absolute atomic E-state index is 0.00461. The van der Waals surface area contributed by atoms with Crippen molar-refractivity contribution in [1.29, 1.82) is 5.26 Å². The van der Waals surface area contributed by atoms with E-state index >= 15 is 0 Å². The van der Waals surface area contributed by atoms with Crippen LogP contribution in [0, 0.1) is 11.3 Å². The molecule has 0 N–H and O–H groups in total. The van der Waals surface area contributed by atoms with Crippen LogP contribution in [0.15, 0.2) is 6.07 Å². The smallest absolute Gasteiger partial charge is 0.284 e. The van der Waals surface area contributed by atoms with Gasteiger partial charge in [0.25, 0.3) is 6.43 Å². The average molecular weight is 291 g/mol. The summed E-state index contributed by atoms with van der Waals surface area (Å²) < 4.78 is 30.1. The Kier molecular flexibility index (Phi) is 4.62. The number of rotatable bonds is 4. The summed E-state index contributed by atoms with van der Waals surface area (Å²) in [5, 5.41) is 9.01. The lowest BCUT2D eigenvalue weighted by Crippen LogP contribution is -2.03. The molecule has 1 rings (SSSR count). The second-order valence-corrected chi connectivity index (χ2v) is 3.51. The summed E-state index contributed by atoms with van der Waals surface area (Å²) in [7, 11) is 1.31. The van der Waals surface area contributed by atoms with E-state index in [1.54, 1.807) is 0 Å². The molecule has 1 heterocycles. The standard InChI is InChI=1S/C10H9BrF2N2O/c1-16-8-4-6(5-11)7(2-3-14)15-9(8)10(12)13/h4,10H,2,5H2,1H3. The van der Waals surface area contributed by atoms with Crippen LogP contribution >= 0.6 is 15.9 Å². The topological polar surface area (TPSA) is 45.9 Å². The summed E-state index contributed by atoms with van der Waals surface area (Å²) in [6.45, 7) is 0. The molecule has 0 saturated heterocycles. The van der Waals surface area contributed by atoms with Gasteiger partial charge in [-0.15, -0.1) is 0 Å². The van der Waals surface area contributed by atoms with E-state index < -0.39 is 12.1 Å². The van der Waals surface area contributed by atoms with Crippen molar-refractivity contribution in [2.45, 2.75) is 18.2 Å². The van der Waals surface area contributed by atoms with Gasteiger partial charge >= 0.3 is 0 Å². The molecule has 0 spiro atoms. The summed E-state index contributed by atoms with van der Waals surface area (Å²) in [4.78, 5) is 3.78. The molecule has 0 bridgehead atoms. The van der Waals surface area contributed by atoms with E-state index in [4.69, 9.17) is 10.00 Å². The molecule has 0 saturated carbocycles. The molecular weight excluding hydrogens is 282 g/mol. The molecule has 3 nitrogen and oxygen atoms in total. The summed E-state index contributed by atoms with van der Waals surface area (Å²) in [5.41, 5.74) is 0.621. The largest absolute Gasteiger partial charge is 0.495 e. The Morgan fingerprint density at radius 3 is 2.75 bits per heavy atom. The molecule has 0 aliphatic rings. The number of methoxy groups -OCH3 is 1. The Hall–Kier alpha value is -1.22. The predicted molar refractivity (Wildman–Crippen MR) is 57.7 cm³/mol. The minimum Gasteiger partial charge on any atom is -0.495 e. The number of hydrogen-bond donors (Lipinski definition) is 0. The number of nitrogens with zero attached hydrogens (tertiary/aromatic N) is 2. The van der Waals surface area contributed by atoms with Crippen molar-refractivity contribution in [3.05, 3.63) is 23.0 Å². The third kappa shape index (κ3) is 2.67. The van der Waals surface area contributed by atoms with Crippen LogP contribution in [0.25, 0.3) is 0 Å². The Morgan fingerprint density at radius 2 is 2.31 bits per heavy atom. The van der Waals surface area contributed by atoms with Crippen LogP contribution in [-0.2, 0) is 11.8 Å². The SMILES string of the molecule is COc1cc(CBr)c(CC#N)nc1C(F)F. The van der Waals surface area contributed by atoms with Gasteiger partial charge in [0.2, 0.25) is 0 Å². The summed E-state index contributed by atoms with van der Waals surface area (Å²) >= 11 is 3.21. The van der Waals surface area contributed by atoms with E-state index in [1.165, 1.54) is 13.2 Å². The molecule has 6 heteroatoms. The van der Waals surface area contributed by atoms with Gasteiger partial charge in [0.1, 0.15) is 11.4 Å². The van der Waals surface area contributed by atoms with Crippen LogP contribution in [0.3, 0.4) is 0 Å².